The van der Waals surface area contributed by atoms with Crippen molar-refractivity contribution in [3.63, 3.8) is 0 Å². The summed E-state index contributed by atoms with van der Waals surface area (Å²) in [4.78, 5) is 256. The Bertz CT molecular complexity index is 3650. The van der Waals surface area contributed by atoms with Crippen LogP contribution in [0.3, 0.4) is 0 Å². The molecule has 21 N–H and O–H groups in total. The van der Waals surface area contributed by atoms with Crippen molar-refractivity contribution >= 4 is 128 Å². The molecule has 0 radical (unpaired) electrons. The number of nitrogens with one attached hydrogen (secondary N) is 13. The fourth-order valence-corrected chi connectivity index (χ4v) is 18.5. The normalized spacial score (nSPS) is 30.6. The minimum absolute atomic E-state index is 0.00556. The van der Waals surface area contributed by atoms with E-state index in [1.54, 1.807) is 74.1 Å². The molecule has 6 rings (SSSR count). The molecule has 18 amide bonds. The molecule has 41 heteroatoms. The smallest absolute Gasteiger partial charge is 0.322 e. The molecule has 39 nitrogen and oxygen atoms in total. The SMILES string of the molecule is CC[C@H](C)[C@@H]1NC(=O)[C@H](C)NC(=O)NC(=O)CCCCCNC(=O)CC[C@@H](C(N)=O)NC(=O)[C@@H]2CCCN2C(=O)[C@H]([C@@H](C)CC)NC(=O)[C@H]2NC(=O)[C@H]([C@@H](C)CC)NC(=O)[C@@H]3C[C@@H]4CCCC[C@@H]4N3C(=O)[C@@H]3CCCN3C(=O)[C@H](CC(C)C)NC(=O)[C@H](CO)NC(=O)[C@H](CCCN=C(N)N)NC(=O)[C@H](CO)NC(=O)[C@H](CSSC2(C)C)NC1=O. The number of fused-ring (bicyclic) bond motifs is 10. The summed E-state index contributed by atoms with van der Waals surface area (Å²) in [5, 5.41) is 55.8. The number of primary amides is 1. The van der Waals surface area contributed by atoms with E-state index in [0.717, 1.165) is 28.0 Å². The number of rotatable bonds is 15. The fourth-order valence-electron chi connectivity index (χ4n) is 15.7. The van der Waals surface area contributed by atoms with Crippen LogP contribution in [0.4, 0.5) is 4.79 Å². The monoisotopic (exact) mass is 1710 g/mol. The van der Waals surface area contributed by atoms with E-state index in [1.165, 1.54) is 16.7 Å². The quantitative estimate of drug-likeness (QED) is 0.0350. The average Bonchev–Trinajstić information content (AvgIpc) is 1.62. The molecule has 0 spiro atoms. The molecule has 0 aromatic rings. The van der Waals surface area contributed by atoms with Crippen molar-refractivity contribution in [3.05, 3.63) is 0 Å². The molecule has 0 aromatic heterocycles. The molecule has 6 fully saturated rings. The molecule has 2 bridgehead atoms. The Balaban J connectivity index is 1.53. The van der Waals surface area contributed by atoms with Crippen molar-refractivity contribution in [3.8, 4) is 0 Å². The van der Waals surface area contributed by atoms with Gasteiger partial charge in [-0.15, -0.1) is 0 Å². The zero-order chi connectivity index (χ0) is 88.3. The second-order valence-electron chi connectivity index (χ2n) is 33.2. The van der Waals surface area contributed by atoms with Gasteiger partial charge in [0, 0.05) is 55.6 Å². The van der Waals surface area contributed by atoms with Crippen LogP contribution in [0.5, 0.6) is 0 Å². The largest absolute Gasteiger partial charge is 0.394 e. The Kier molecular flexibility index (Phi) is 39.1. The summed E-state index contributed by atoms with van der Waals surface area (Å²) in [7, 11) is 1.73. The van der Waals surface area contributed by atoms with Crippen molar-refractivity contribution in [1.82, 2.24) is 83.8 Å². The highest BCUT2D eigenvalue weighted by Gasteiger charge is 2.53. The number of hydrogen-bond donors (Lipinski definition) is 18. The number of carbonyl (C=O) groups excluding carboxylic acids is 17. The minimum atomic E-state index is -1.96. The number of aliphatic hydroxyl groups excluding tert-OH is 2. The zero-order valence-electron chi connectivity index (χ0n) is 70.5. The number of guanidine groups is 1. The van der Waals surface area contributed by atoms with E-state index in [4.69, 9.17) is 17.2 Å². The van der Waals surface area contributed by atoms with Crippen molar-refractivity contribution in [2.24, 2.45) is 51.8 Å². The highest BCUT2D eigenvalue weighted by atomic mass is 33.1. The van der Waals surface area contributed by atoms with Crippen LogP contribution >= 0.6 is 21.6 Å². The first-order chi connectivity index (χ1) is 56.3. The number of nitrogens with two attached hydrogens (primary N) is 3. The van der Waals surface area contributed by atoms with E-state index in [1.807, 2.05) is 0 Å². The minimum Gasteiger partial charge on any atom is -0.394 e. The summed E-state index contributed by atoms with van der Waals surface area (Å²) >= 11 is 0. The lowest BCUT2D eigenvalue weighted by molar-refractivity contribution is -0.150. The summed E-state index contributed by atoms with van der Waals surface area (Å²) in [6.07, 6.45) is 4.72. The van der Waals surface area contributed by atoms with Gasteiger partial charge in [0.15, 0.2) is 5.96 Å². The maximum absolute atomic E-state index is 15.9. The molecular weight excluding hydrogens is 1590 g/mol. The zero-order valence-corrected chi connectivity index (χ0v) is 72.2. The maximum Gasteiger partial charge on any atom is 0.322 e. The van der Waals surface area contributed by atoms with Gasteiger partial charge in [-0.25, -0.2) is 4.79 Å². The predicted octanol–water partition coefficient (Wildman–Crippen LogP) is -2.46. The van der Waals surface area contributed by atoms with E-state index < -0.39 is 233 Å². The standard InChI is InChI=1S/C78H130N20O19S2/c1-12-41(6)58-70(111)90-51-39-118-119-78(10,11)61(72(113)94-60(43(8)14-3)75(116)96-33-21-26-53(96)68(109)85-46(62(79)103)29-30-56(101)82-31-19-15-16-28-57(102)91-77(117)84-44(9)63(104)92-58)95-71(112)59(42(7)13-2)93-69(110)55-36-45-23-17-18-25-52(45)98(55)74(115)54-27-22-34-97(54)73(114)48(35-40(4)5)87-66(107)50(38-100)88-64(105)47(24-20-32-83-76(80)81)86-65(106)49(37-99)89-67(51)108/h40-55,58-61,99-100H,12-39H2,1-11H3,(H2,79,103)(H,82,101)(H,85,109)(H,86,106)(H,87,107)(H,88,105)(H,89,108)(H,90,111)(H,92,104)(H,93,110)(H,94,113)(H,95,112)(H4,80,81,83)(H2,84,91,102,117)/t41-,42-,43-,44-,45-,46-,47-,48-,49-,50-,51-,52-,53-,54-,55-,58-,59-,60-,61+/m0/s1. The number of urea groups is 1. The lowest BCUT2D eigenvalue weighted by Gasteiger charge is -2.39. The van der Waals surface area contributed by atoms with Gasteiger partial charge in [0.25, 0.3) is 0 Å². The van der Waals surface area contributed by atoms with Gasteiger partial charge in [0.1, 0.15) is 84.6 Å². The van der Waals surface area contributed by atoms with Crippen LogP contribution in [0.25, 0.3) is 0 Å². The average molecular weight is 1720 g/mol. The van der Waals surface area contributed by atoms with Gasteiger partial charge in [0.05, 0.1) is 13.2 Å². The number of hydrogen-bond acceptors (Lipinski definition) is 22. The summed E-state index contributed by atoms with van der Waals surface area (Å²) in [5.74, 6) is -17.1. The third kappa shape index (κ3) is 28.2. The molecule has 1 saturated carbocycles. The first-order valence-electron chi connectivity index (χ1n) is 42.0. The van der Waals surface area contributed by atoms with Crippen molar-refractivity contribution in [2.75, 3.05) is 45.1 Å². The molecular formula is C78H130N20O19S2. The maximum atomic E-state index is 15.9. The summed E-state index contributed by atoms with van der Waals surface area (Å²) < 4.78 is -1.62. The van der Waals surface area contributed by atoms with Crippen LogP contribution in [0.1, 0.15) is 211 Å². The van der Waals surface area contributed by atoms with E-state index in [-0.39, 0.29) is 127 Å². The molecule has 119 heavy (non-hydrogen) atoms. The van der Waals surface area contributed by atoms with Gasteiger partial charge in [-0.05, 0) is 134 Å². The van der Waals surface area contributed by atoms with Crippen LogP contribution in [-0.4, -0.2) is 272 Å². The van der Waals surface area contributed by atoms with Crippen molar-refractivity contribution in [1.29, 1.82) is 0 Å². The molecule has 1 aliphatic carbocycles. The summed E-state index contributed by atoms with van der Waals surface area (Å²) in [6.45, 7) is 16.1. The fraction of sp³-hybridized carbons (Fsp3) is 0.769. The number of aliphatic imine (C=N–C) groups is 1. The lowest BCUT2D eigenvalue weighted by atomic mass is 9.84. The molecule has 19 atom stereocenters. The first-order valence-corrected chi connectivity index (χ1v) is 44.3. The Labute approximate surface area is 703 Å². The third-order valence-electron chi connectivity index (χ3n) is 23.3. The first kappa shape index (κ1) is 98.7. The van der Waals surface area contributed by atoms with Gasteiger partial charge < -0.3 is 106 Å². The van der Waals surface area contributed by atoms with Crippen LogP contribution in [-0.2, 0) is 76.7 Å². The Hall–Kier alpha value is -9.12. The van der Waals surface area contributed by atoms with Crippen LogP contribution in [0.2, 0.25) is 0 Å². The van der Waals surface area contributed by atoms with Crippen LogP contribution < -0.4 is 86.3 Å². The third-order valence-corrected chi connectivity index (χ3v) is 26.6. The number of nitrogens with zero attached hydrogens (tertiary/aromatic N) is 4. The summed E-state index contributed by atoms with van der Waals surface area (Å²) in [6, 6.07) is -22.4. The second kappa shape index (κ2) is 47.2. The highest BCUT2D eigenvalue weighted by Crippen LogP contribution is 2.43. The van der Waals surface area contributed by atoms with E-state index in [0.29, 0.717) is 44.9 Å². The summed E-state index contributed by atoms with van der Waals surface area (Å²) in [5.41, 5.74) is 17.0. The van der Waals surface area contributed by atoms with Gasteiger partial charge in [-0.3, -0.25) is 87.0 Å². The number of amides is 18. The Morgan fingerprint density at radius 3 is 1.67 bits per heavy atom. The van der Waals surface area contributed by atoms with Gasteiger partial charge in [-0.1, -0.05) is 116 Å². The molecule has 6 aliphatic rings. The van der Waals surface area contributed by atoms with E-state index >= 15 is 38.4 Å². The van der Waals surface area contributed by atoms with Gasteiger partial charge >= 0.3 is 6.03 Å². The molecule has 0 unspecified atom stereocenters. The van der Waals surface area contributed by atoms with Crippen LogP contribution in [0.15, 0.2) is 4.99 Å². The predicted molar refractivity (Wildman–Crippen MR) is 442 cm³/mol. The highest BCUT2D eigenvalue weighted by molar-refractivity contribution is 8.77. The van der Waals surface area contributed by atoms with E-state index in [2.05, 4.69) is 74.1 Å². The molecule has 5 saturated heterocycles. The Morgan fingerprint density at radius 2 is 1.07 bits per heavy atom. The molecule has 5 aliphatic heterocycles. The topological polar surface area (TPSA) is 587 Å². The number of aliphatic hydroxyl groups is 2. The van der Waals surface area contributed by atoms with E-state index in [9.17, 15) is 53.4 Å². The second-order valence-corrected chi connectivity index (χ2v) is 36.2. The molecule has 5 heterocycles. The van der Waals surface area contributed by atoms with Gasteiger partial charge in [-0.2, -0.15) is 0 Å². The molecule has 668 valence electrons. The Morgan fingerprint density at radius 1 is 0.521 bits per heavy atom. The number of imide groups is 1. The number of carbonyl (C=O) groups is 17. The lowest BCUT2D eigenvalue weighted by Crippen LogP contribution is -2.64. The molecule has 0 aromatic carbocycles. The van der Waals surface area contributed by atoms with Crippen LogP contribution in [0, 0.1) is 29.6 Å². The van der Waals surface area contributed by atoms with Gasteiger partial charge in [0.2, 0.25) is 94.5 Å². The van der Waals surface area contributed by atoms with Crippen molar-refractivity contribution < 1.29 is 91.7 Å². The van der Waals surface area contributed by atoms with Crippen molar-refractivity contribution in [2.45, 2.75) is 306 Å².